The minimum absolute atomic E-state index is 0.220. The van der Waals surface area contributed by atoms with E-state index in [0.717, 1.165) is 57.8 Å². The maximum absolute atomic E-state index is 12.2. The van der Waals surface area contributed by atoms with E-state index in [1.54, 1.807) is 0 Å². The molecule has 0 aliphatic carbocycles. The van der Waals surface area contributed by atoms with Crippen molar-refractivity contribution in [3.8, 4) is 0 Å². The Morgan fingerprint density at radius 1 is 1.27 bits per heavy atom. The van der Waals surface area contributed by atoms with E-state index in [2.05, 4.69) is 30.6 Å². The third kappa shape index (κ3) is 2.78. The lowest BCUT2D eigenvalue weighted by molar-refractivity contribution is -0.137. The van der Waals surface area contributed by atoms with Gasteiger partial charge in [0.05, 0.1) is 18.8 Å². The monoisotopic (exact) mass is 305 g/mol. The van der Waals surface area contributed by atoms with Crippen LogP contribution in [0.1, 0.15) is 43.1 Å². The van der Waals surface area contributed by atoms with Crippen molar-refractivity contribution in [2.45, 2.75) is 53.0 Å². The Kier molecular flexibility index (Phi) is 4.26. The van der Waals surface area contributed by atoms with Crippen LogP contribution >= 0.6 is 0 Å². The Morgan fingerprint density at radius 2 is 2.09 bits per heavy atom. The number of hydrogen-bond donors (Lipinski definition) is 0. The van der Waals surface area contributed by atoms with Crippen LogP contribution in [0, 0.1) is 19.3 Å². The van der Waals surface area contributed by atoms with Gasteiger partial charge >= 0.3 is 0 Å². The molecule has 1 unspecified atom stereocenters. The van der Waals surface area contributed by atoms with Crippen molar-refractivity contribution in [2.24, 2.45) is 5.41 Å². The molecule has 2 fully saturated rings. The van der Waals surface area contributed by atoms with Gasteiger partial charge in [0.2, 0.25) is 5.91 Å². The van der Waals surface area contributed by atoms with E-state index in [4.69, 9.17) is 4.74 Å². The van der Waals surface area contributed by atoms with Crippen molar-refractivity contribution in [1.29, 1.82) is 0 Å². The highest BCUT2D eigenvalue weighted by molar-refractivity contribution is 5.77. The van der Waals surface area contributed by atoms with Crippen molar-refractivity contribution in [3.63, 3.8) is 0 Å². The third-order valence-corrected chi connectivity index (χ3v) is 5.40. The Labute approximate surface area is 132 Å². The van der Waals surface area contributed by atoms with E-state index in [0.29, 0.717) is 6.42 Å². The molecule has 1 aromatic rings. The van der Waals surface area contributed by atoms with Crippen LogP contribution in [0.2, 0.25) is 0 Å². The standard InChI is InChI=1S/C17H27N3O2/c1-4-15-13(2)18-20(14(15)3)9-8-19-11-17(6-5-16(19)21)7-10-22-12-17/h4-12H2,1-3H3. The molecule has 2 saturated heterocycles. The van der Waals surface area contributed by atoms with Crippen LogP contribution in [-0.4, -0.2) is 46.9 Å². The number of piperidine rings is 1. The van der Waals surface area contributed by atoms with Gasteiger partial charge in [-0.15, -0.1) is 0 Å². The van der Waals surface area contributed by atoms with Crippen LogP contribution in [0.5, 0.6) is 0 Å². The first-order valence-electron chi connectivity index (χ1n) is 8.43. The Balaban J connectivity index is 1.66. The number of nitrogens with zero attached hydrogens (tertiary/aromatic N) is 3. The van der Waals surface area contributed by atoms with Gasteiger partial charge in [0.15, 0.2) is 0 Å². The van der Waals surface area contributed by atoms with Gasteiger partial charge in [0, 0.05) is 37.2 Å². The maximum Gasteiger partial charge on any atom is 0.222 e. The number of aromatic nitrogens is 2. The predicted molar refractivity (Wildman–Crippen MR) is 84.8 cm³/mol. The first-order chi connectivity index (χ1) is 10.5. The molecule has 0 N–H and O–H groups in total. The molecule has 2 aliphatic rings. The Hall–Kier alpha value is -1.36. The zero-order valence-electron chi connectivity index (χ0n) is 14.0. The lowest BCUT2D eigenvalue weighted by Gasteiger charge is -2.39. The molecule has 0 saturated carbocycles. The van der Waals surface area contributed by atoms with Crippen LogP contribution in [0.4, 0.5) is 0 Å². The number of ether oxygens (including phenoxy) is 1. The molecule has 1 aromatic heterocycles. The average Bonchev–Trinajstić information content (AvgIpc) is 3.06. The zero-order valence-corrected chi connectivity index (χ0v) is 14.0. The van der Waals surface area contributed by atoms with E-state index < -0.39 is 0 Å². The molecule has 1 atom stereocenters. The summed E-state index contributed by atoms with van der Waals surface area (Å²) in [6.45, 7) is 10.4. The number of likely N-dealkylation sites (tertiary alicyclic amines) is 1. The van der Waals surface area contributed by atoms with Crippen LogP contribution < -0.4 is 0 Å². The highest BCUT2D eigenvalue weighted by Gasteiger charge is 2.41. The van der Waals surface area contributed by atoms with Crippen molar-refractivity contribution >= 4 is 5.91 Å². The van der Waals surface area contributed by atoms with Crippen molar-refractivity contribution in [3.05, 3.63) is 17.0 Å². The largest absolute Gasteiger partial charge is 0.381 e. The molecule has 3 heterocycles. The van der Waals surface area contributed by atoms with E-state index in [1.165, 1.54) is 11.3 Å². The fourth-order valence-corrected chi connectivity index (χ4v) is 3.96. The molecule has 3 rings (SSSR count). The minimum atomic E-state index is 0.220. The van der Waals surface area contributed by atoms with Gasteiger partial charge in [-0.05, 0) is 38.7 Å². The van der Waals surface area contributed by atoms with E-state index >= 15 is 0 Å². The smallest absolute Gasteiger partial charge is 0.222 e. The molecule has 0 radical (unpaired) electrons. The third-order valence-electron chi connectivity index (χ3n) is 5.40. The van der Waals surface area contributed by atoms with Crippen LogP contribution in [0.15, 0.2) is 0 Å². The van der Waals surface area contributed by atoms with Gasteiger partial charge in [-0.2, -0.15) is 5.10 Å². The lowest BCUT2D eigenvalue weighted by atomic mass is 9.79. The normalized spacial score (nSPS) is 25.4. The molecular weight excluding hydrogens is 278 g/mol. The summed E-state index contributed by atoms with van der Waals surface area (Å²) in [5.41, 5.74) is 3.91. The molecule has 2 aliphatic heterocycles. The summed E-state index contributed by atoms with van der Waals surface area (Å²) in [6.07, 6.45) is 3.76. The molecule has 0 aromatic carbocycles. The second-order valence-corrected chi connectivity index (χ2v) is 6.84. The number of amides is 1. The summed E-state index contributed by atoms with van der Waals surface area (Å²) in [4.78, 5) is 14.3. The van der Waals surface area contributed by atoms with Gasteiger partial charge in [-0.3, -0.25) is 9.48 Å². The summed E-state index contributed by atoms with van der Waals surface area (Å²) in [6, 6.07) is 0. The molecule has 1 spiro atoms. The maximum atomic E-state index is 12.2. The van der Waals surface area contributed by atoms with E-state index in [1.807, 2.05) is 4.90 Å². The average molecular weight is 305 g/mol. The molecule has 22 heavy (non-hydrogen) atoms. The second kappa shape index (κ2) is 6.03. The highest BCUT2D eigenvalue weighted by Crippen LogP contribution is 2.37. The molecule has 122 valence electrons. The molecule has 0 bridgehead atoms. The van der Waals surface area contributed by atoms with Gasteiger partial charge in [0.25, 0.3) is 0 Å². The highest BCUT2D eigenvalue weighted by atomic mass is 16.5. The van der Waals surface area contributed by atoms with Gasteiger partial charge in [-0.1, -0.05) is 6.92 Å². The van der Waals surface area contributed by atoms with Gasteiger partial charge in [0.1, 0.15) is 0 Å². The Morgan fingerprint density at radius 3 is 2.73 bits per heavy atom. The van der Waals surface area contributed by atoms with Crippen LogP contribution in [0.3, 0.4) is 0 Å². The zero-order chi connectivity index (χ0) is 15.7. The summed E-state index contributed by atoms with van der Waals surface area (Å²) >= 11 is 0. The fraction of sp³-hybridized carbons (Fsp3) is 0.765. The summed E-state index contributed by atoms with van der Waals surface area (Å²) in [5, 5.41) is 4.63. The second-order valence-electron chi connectivity index (χ2n) is 6.84. The predicted octanol–water partition coefficient (Wildman–Crippen LogP) is 2.09. The van der Waals surface area contributed by atoms with Crippen LogP contribution in [-0.2, 0) is 22.5 Å². The minimum Gasteiger partial charge on any atom is -0.381 e. The van der Waals surface area contributed by atoms with Crippen molar-refractivity contribution in [1.82, 2.24) is 14.7 Å². The number of aryl methyl sites for hydroxylation is 1. The first-order valence-corrected chi connectivity index (χ1v) is 8.43. The Bertz CT molecular complexity index is 558. The SMILES string of the molecule is CCc1c(C)nn(CCN2CC3(CCOC3)CCC2=O)c1C. The van der Waals surface area contributed by atoms with E-state index in [-0.39, 0.29) is 11.3 Å². The number of rotatable bonds is 4. The molecule has 5 heteroatoms. The van der Waals surface area contributed by atoms with Crippen LogP contribution in [0.25, 0.3) is 0 Å². The molecule has 1 amide bonds. The number of hydrogen-bond acceptors (Lipinski definition) is 3. The van der Waals surface area contributed by atoms with Gasteiger partial charge in [-0.25, -0.2) is 0 Å². The van der Waals surface area contributed by atoms with E-state index in [9.17, 15) is 4.79 Å². The quantitative estimate of drug-likeness (QED) is 0.856. The summed E-state index contributed by atoms with van der Waals surface area (Å²) < 4.78 is 7.64. The number of carbonyl (C=O) groups is 1. The fourth-order valence-electron chi connectivity index (χ4n) is 3.96. The summed E-state index contributed by atoms with van der Waals surface area (Å²) in [5.74, 6) is 0.287. The lowest BCUT2D eigenvalue weighted by Crippen LogP contribution is -2.48. The summed E-state index contributed by atoms with van der Waals surface area (Å²) in [7, 11) is 0. The number of carbonyl (C=O) groups excluding carboxylic acids is 1. The van der Waals surface area contributed by atoms with Crippen molar-refractivity contribution < 1.29 is 9.53 Å². The first kappa shape index (κ1) is 15.5. The molecule has 5 nitrogen and oxygen atoms in total. The molecular formula is C17H27N3O2. The topological polar surface area (TPSA) is 47.4 Å². The van der Waals surface area contributed by atoms with Gasteiger partial charge < -0.3 is 9.64 Å². The van der Waals surface area contributed by atoms with Crippen molar-refractivity contribution in [2.75, 3.05) is 26.3 Å².